The van der Waals surface area contributed by atoms with Crippen LogP contribution in [-0.4, -0.2) is 41.5 Å². The van der Waals surface area contributed by atoms with E-state index >= 15 is 0 Å². The Bertz CT molecular complexity index is 1090. The van der Waals surface area contributed by atoms with Gasteiger partial charge in [0.25, 0.3) is 5.91 Å². The van der Waals surface area contributed by atoms with Crippen molar-refractivity contribution in [2.24, 2.45) is 0 Å². The third-order valence-electron chi connectivity index (χ3n) is 4.74. The van der Waals surface area contributed by atoms with Gasteiger partial charge in [0, 0.05) is 31.1 Å². The fourth-order valence-corrected chi connectivity index (χ4v) is 4.53. The van der Waals surface area contributed by atoms with Crippen molar-refractivity contribution >= 4 is 27.5 Å². The van der Waals surface area contributed by atoms with Gasteiger partial charge in [-0.2, -0.15) is 8.78 Å². The van der Waals surface area contributed by atoms with E-state index in [9.17, 15) is 13.6 Å². The highest BCUT2D eigenvalue weighted by molar-refractivity contribution is 7.20. The van der Waals surface area contributed by atoms with E-state index in [1.807, 2.05) is 20.8 Å². The molecule has 9 heteroatoms. The van der Waals surface area contributed by atoms with E-state index in [4.69, 9.17) is 4.74 Å². The predicted octanol–water partition coefficient (Wildman–Crippen LogP) is 4.75. The van der Waals surface area contributed by atoms with E-state index in [2.05, 4.69) is 14.7 Å². The van der Waals surface area contributed by atoms with E-state index in [1.54, 1.807) is 24.1 Å². The SMILES string of the molecule is CCc1nc(C)c2c(C)c(C(=O)N(C)Cc3ccc(OC(F)F)c(OC)c3)sc2n1. The Morgan fingerprint density at radius 1 is 1.23 bits per heavy atom. The van der Waals surface area contributed by atoms with Gasteiger partial charge in [0.1, 0.15) is 10.7 Å². The van der Waals surface area contributed by atoms with Gasteiger partial charge in [-0.3, -0.25) is 4.79 Å². The Morgan fingerprint density at radius 3 is 2.60 bits per heavy atom. The Labute approximate surface area is 177 Å². The minimum atomic E-state index is -2.94. The Balaban J connectivity index is 1.86. The Morgan fingerprint density at radius 2 is 1.97 bits per heavy atom. The molecule has 6 nitrogen and oxygen atoms in total. The number of amides is 1. The van der Waals surface area contributed by atoms with Crippen LogP contribution in [0.25, 0.3) is 10.2 Å². The van der Waals surface area contributed by atoms with E-state index in [-0.39, 0.29) is 24.0 Å². The molecule has 0 atom stereocenters. The van der Waals surface area contributed by atoms with Crippen LogP contribution < -0.4 is 9.47 Å². The molecule has 2 heterocycles. The molecule has 0 aliphatic heterocycles. The summed E-state index contributed by atoms with van der Waals surface area (Å²) in [6, 6.07) is 4.63. The third-order valence-corrected chi connectivity index (χ3v) is 5.91. The number of benzene rings is 1. The largest absolute Gasteiger partial charge is 0.493 e. The molecular weight excluding hydrogens is 412 g/mol. The molecule has 0 unspecified atom stereocenters. The molecule has 1 amide bonds. The first-order valence-electron chi connectivity index (χ1n) is 9.38. The van der Waals surface area contributed by atoms with Crippen LogP contribution in [-0.2, 0) is 13.0 Å². The second-order valence-electron chi connectivity index (χ2n) is 6.84. The number of ether oxygens (including phenoxy) is 2. The number of carbonyl (C=O) groups is 1. The highest BCUT2D eigenvalue weighted by Crippen LogP contribution is 2.33. The van der Waals surface area contributed by atoms with Crippen LogP contribution in [0.15, 0.2) is 18.2 Å². The van der Waals surface area contributed by atoms with Gasteiger partial charge in [0.15, 0.2) is 11.5 Å². The van der Waals surface area contributed by atoms with Crippen molar-refractivity contribution in [3.63, 3.8) is 0 Å². The second kappa shape index (κ2) is 8.91. The molecule has 0 saturated carbocycles. The van der Waals surface area contributed by atoms with E-state index < -0.39 is 6.61 Å². The average molecular weight is 435 g/mol. The summed E-state index contributed by atoms with van der Waals surface area (Å²) in [7, 11) is 3.07. The molecule has 0 radical (unpaired) electrons. The number of hydrogen-bond acceptors (Lipinski definition) is 6. The molecule has 0 saturated heterocycles. The lowest BCUT2D eigenvalue weighted by Crippen LogP contribution is -2.26. The number of thiophene rings is 1. The Hall–Kier alpha value is -2.81. The van der Waals surface area contributed by atoms with Gasteiger partial charge in [-0.15, -0.1) is 11.3 Å². The van der Waals surface area contributed by atoms with Gasteiger partial charge in [0.2, 0.25) is 0 Å². The second-order valence-corrected chi connectivity index (χ2v) is 7.84. The first-order valence-corrected chi connectivity index (χ1v) is 10.2. The standard InChI is InChI=1S/C21H23F2N3O3S/c1-6-16-24-12(3)17-11(2)18(30-19(17)25-16)20(27)26(4)10-13-7-8-14(29-21(22)23)15(9-13)28-5/h7-9,21H,6,10H2,1-5H3. The normalized spacial score (nSPS) is 11.2. The summed E-state index contributed by atoms with van der Waals surface area (Å²) >= 11 is 1.36. The number of fused-ring (bicyclic) bond motifs is 1. The minimum Gasteiger partial charge on any atom is -0.493 e. The molecule has 0 spiro atoms. The first kappa shape index (κ1) is 21.9. The van der Waals surface area contributed by atoms with Crippen LogP contribution in [0.3, 0.4) is 0 Å². The summed E-state index contributed by atoms with van der Waals surface area (Å²) in [5, 5.41) is 0.920. The summed E-state index contributed by atoms with van der Waals surface area (Å²) in [6.45, 7) is 3.16. The molecule has 0 aliphatic carbocycles. The number of hydrogen-bond donors (Lipinski definition) is 0. The lowest BCUT2D eigenvalue weighted by atomic mass is 10.1. The number of halogens is 2. The number of rotatable bonds is 7. The van der Waals surface area contributed by atoms with E-state index in [0.29, 0.717) is 4.88 Å². The number of aryl methyl sites for hydroxylation is 3. The van der Waals surface area contributed by atoms with Crippen molar-refractivity contribution in [1.82, 2.24) is 14.9 Å². The molecular formula is C21H23F2N3O3S. The average Bonchev–Trinajstić information content (AvgIpc) is 3.04. The molecule has 0 fully saturated rings. The lowest BCUT2D eigenvalue weighted by Gasteiger charge is -2.18. The van der Waals surface area contributed by atoms with Crippen molar-refractivity contribution in [2.75, 3.05) is 14.2 Å². The summed E-state index contributed by atoms with van der Waals surface area (Å²) < 4.78 is 34.6. The van der Waals surface area contributed by atoms with Crippen LogP contribution in [0.5, 0.6) is 11.5 Å². The third kappa shape index (κ3) is 4.35. The fraction of sp³-hybridized carbons (Fsp3) is 0.381. The lowest BCUT2D eigenvalue weighted by molar-refractivity contribution is -0.0512. The topological polar surface area (TPSA) is 64.6 Å². The smallest absolute Gasteiger partial charge is 0.387 e. The molecule has 0 bridgehead atoms. The van der Waals surface area contributed by atoms with Gasteiger partial charge < -0.3 is 14.4 Å². The highest BCUT2D eigenvalue weighted by Gasteiger charge is 2.22. The van der Waals surface area contributed by atoms with E-state index in [0.717, 1.165) is 39.3 Å². The summed E-state index contributed by atoms with van der Waals surface area (Å²) in [6.07, 6.45) is 0.726. The van der Waals surface area contributed by atoms with Crippen LogP contribution in [0, 0.1) is 13.8 Å². The number of aromatic nitrogens is 2. The van der Waals surface area contributed by atoms with Crippen molar-refractivity contribution in [1.29, 1.82) is 0 Å². The van der Waals surface area contributed by atoms with Crippen molar-refractivity contribution in [2.45, 2.75) is 40.3 Å². The molecule has 30 heavy (non-hydrogen) atoms. The molecule has 3 rings (SSSR count). The molecule has 0 aliphatic rings. The zero-order valence-corrected chi connectivity index (χ0v) is 18.3. The maximum Gasteiger partial charge on any atom is 0.387 e. The zero-order chi connectivity index (χ0) is 22.0. The summed E-state index contributed by atoms with van der Waals surface area (Å²) in [4.78, 5) is 25.2. The quantitative estimate of drug-likeness (QED) is 0.536. The van der Waals surface area contributed by atoms with Gasteiger partial charge in [0.05, 0.1) is 12.0 Å². The number of carbonyl (C=O) groups excluding carboxylic acids is 1. The zero-order valence-electron chi connectivity index (χ0n) is 17.5. The van der Waals surface area contributed by atoms with Gasteiger partial charge >= 0.3 is 6.61 Å². The minimum absolute atomic E-state index is 0.0497. The molecule has 1 aromatic carbocycles. The number of nitrogens with zero attached hydrogens (tertiary/aromatic N) is 3. The molecule has 3 aromatic rings. The first-order chi connectivity index (χ1) is 14.2. The predicted molar refractivity (Wildman–Crippen MR) is 112 cm³/mol. The molecule has 160 valence electrons. The summed E-state index contributed by atoms with van der Waals surface area (Å²) in [5.74, 6) is 0.752. The van der Waals surface area contributed by atoms with Gasteiger partial charge in [-0.05, 0) is 37.1 Å². The molecule has 0 N–H and O–H groups in total. The van der Waals surface area contributed by atoms with Crippen LogP contribution in [0.4, 0.5) is 8.78 Å². The number of methoxy groups -OCH3 is 1. The fourth-order valence-electron chi connectivity index (χ4n) is 3.28. The monoisotopic (exact) mass is 435 g/mol. The van der Waals surface area contributed by atoms with Crippen molar-refractivity contribution < 1.29 is 23.0 Å². The maximum atomic E-state index is 13.1. The highest BCUT2D eigenvalue weighted by atomic mass is 32.1. The van der Waals surface area contributed by atoms with Crippen molar-refractivity contribution in [3.8, 4) is 11.5 Å². The van der Waals surface area contributed by atoms with Gasteiger partial charge in [-0.25, -0.2) is 9.97 Å². The number of alkyl halides is 2. The molecule has 2 aromatic heterocycles. The maximum absolute atomic E-state index is 13.1. The van der Waals surface area contributed by atoms with Crippen LogP contribution in [0.2, 0.25) is 0 Å². The van der Waals surface area contributed by atoms with Crippen LogP contribution in [0.1, 0.15) is 39.2 Å². The van der Waals surface area contributed by atoms with Gasteiger partial charge in [-0.1, -0.05) is 13.0 Å². The van der Waals surface area contributed by atoms with Crippen LogP contribution >= 0.6 is 11.3 Å². The summed E-state index contributed by atoms with van der Waals surface area (Å²) in [5.41, 5.74) is 2.46. The Kier molecular flexibility index (Phi) is 6.50. The van der Waals surface area contributed by atoms with Crippen molar-refractivity contribution in [3.05, 3.63) is 45.7 Å². The van der Waals surface area contributed by atoms with E-state index in [1.165, 1.54) is 24.5 Å².